The fourth-order valence-electron chi connectivity index (χ4n) is 8.27. The second kappa shape index (κ2) is 12.7. The van der Waals surface area contributed by atoms with Crippen LogP contribution in [0.1, 0.15) is 64.9 Å². The van der Waals surface area contributed by atoms with Crippen LogP contribution >= 0.6 is 11.8 Å². The molecule has 252 valence electrons. The Bertz CT molecular complexity index is 2410. The summed E-state index contributed by atoms with van der Waals surface area (Å²) < 4.78 is 0. The van der Waals surface area contributed by atoms with Crippen LogP contribution in [0.25, 0.3) is 32.7 Å². The smallest absolute Gasteiger partial charge is 0.105 e. The largest absolute Gasteiger partial charge is 0.357 e. The standard InChI is InChI=1S/C46H42N4S/c1-46(2)38-17-11-10-16-36(38)37-24-21-34(27-39(37)46)45-50(3)42-40(51-45)25-22-30-18-19-32-26-33(20-23-35(32)41(30)42)44(48-28-29-12-6-4-7-13-29)49-43(47)31-14-8-5-9-15-31/h4-27,43-45,48-49H,28,47H2,1-3H3. The zero-order valence-electron chi connectivity index (χ0n) is 29.2. The van der Waals surface area contributed by atoms with Crippen molar-refractivity contribution in [2.75, 3.05) is 11.9 Å². The summed E-state index contributed by atoms with van der Waals surface area (Å²) in [6.07, 6.45) is -0.476. The van der Waals surface area contributed by atoms with Gasteiger partial charge in [-0.2, -0.15) is 0 Å². The Morgan fingerprint density at radius 3 is 2.24 bits per heavy atom. The zero-order chi connectivity index (χ0) is 34.7. The van der Waals surface area contributed by atoms with Crippen molar-refractivity contribution < 1.29 is 0 Å². The Hall–Kier alpha value is -4.91. The molecule has 0 amide bonds. The molecule has 1 aliphatic carbocycles. The lowest BCUT2D eigenvalue weighted by Crippen LogP contribution is -2.39. The molecular weight excluding hydrogens is 641 g/mol. The van der Waals surface area contributed by atoms with Crippen LogP contribution in [-0.2, 0) is 12.0 Å². The number of nitrogens with zero attached hydrogens (tertiary/aromatic N) is 1. The highest BCUT2D eigenvalue weighted by Crippen LogP contribution is 2.56. The van der Waals surface area contributed by atoms with Gasteiger partial charge in [-0.3, -0.25) is 10.6 Å². The Morgan fingerprint density at radius 2 is 1.41 bits per heavy atom. The number of hydrogen-bond donors (Lipinski definition) is 3. The van der Waals surface area contributed by atoms with Gasteiger partial charge in [-0.05, 0) is 72.8 Å². The molecule has 7 aromatic rings. The number of benzene rings is 7. The van der Waals surface area contributed by atoms with Crippen LogP contribution in [0.15, 0.2) is 150 Å². The number of nitrogens with two attached hydrogens (primary N) is 1. The normalized spacial score (nSPS) is 16.9. The van der Waals surface area contributed by atoms with Crippen molar-refractivity contribution in [3.05, 3.63) is 179 Å². The fraction of sp³-hybridized carbons (Fsp3) is 0.174. The predicted molar refractivity (Wildman–Crippen MR) is 215 cm³/mol. The quantitative estimate of drug-likeness (QED) is 0.110. The Balaban J connectivity index is 1.07. The molecule has 51 heavy (non-hydrogen) atoms. The minimum Gasteiger partial charge on any atom is -0.357 e. The van der Waals surface area contributed by atoms with E-state index in [4.69, 9.17) is 5.73 Å². The molecule has 3 unspecified atom stereocenters. The van der Waals surface area contributed by atoms with E-state index >= 15 is 0 Å². The van der Waals surface area contributed by atoms with E-state index in [0.29, 0.717) is 0 Å². The van der Waals surface area contributed by atoms with Gasteiger partial charge in [-0.1, -0.05) is 159 Å². The third-order valence-electron chi connectivity index (χ3n) is 11.0. The maximum absolute atomic E-state index is 6.73. The van der Waals surface area contributed by atoms with E-state index in [9.17, 15) is 0 Å². The second-order valence-corrected chi connectivity index (χ2v) is 15.6. The summed E-state index contributed by atoms with van der Waals surface area (Å²) in [7, 11) is 2.27. The average molecular weight is 683 g/mol. The number of rotatable bonds is 8. The monoisotopic (exact) mass is 682 g/mol. The van der Waals surface area contributed by atoms with E-state index in [-0.39, 0.29) is 23.1 Å². The predicted octanol–water partition coefficient (Wildman–Crippen LogP) is 10.6. The molecule has 7 aromatic carbocycles. The van der Waals surface area contributed by atoms with Crippen molar-refractivity contribution in [3.8, 4) is 11.1 Å². The lowest BCUT2D eigenvalue weighted by molar-refractivity contribution is 0.386. The van der Waals surface area contributed by atoms with E-state index in [1.165, 1.54) is 65.5 Å². The SMILES string of the molecule is CN1c2c(ccc3ccc4cc(C(NCc5ccccc5)NC(N)c5ccccc5)ccc4c23)SC1c1ccc2c(c1)C(C)(C)c1ccccc1-2. The number of fused-ring (bicyclic) bond motifs is 8. The van der Waals surface area contributed by atoms with Crippen molar-refractivity contribution in [2.24, 2.45) is 5.73 Å². The number of nitrogens with one attached hydrogen (secondary N) is 2. The molecule has 0 saturated carbocycles. The maximum Gasteiger partial charge on any atom is 0.105 e. The molecule has 0 radical (unpaired) electrons. The molecule has 3 atom stereocenters. The summed E-state index contributed by atoms with van der Waals surface area (Å²) >= 11 is 1.96. The summed E-state index contributed by atoms with van der Waals surface area (Å²) in [6.45, 7) is 5.45. The van der Waals surface area contributed by atoms with Gasteiger partial charge < -0.3 is 10.6 Å². The van der Waals surface area contributed by atoms with E-state index < -0.39 is 0 Å². The first-order valence-corrected chi connectivity index (χ1v) is 18.7. The molecule has 2 aliphatic rings. The van der Waals surface area contributed by atoms with Gasteiger partial charge in [0.15, 0.2) is 0 Å². The lowest BCUT2D eigenvalue weighted by Gasteiger charge is -2.27. The Morgan fingerprint density at radius 1 is 0.706 bits per heavy atom. The molecule has 1 aliphatic heterocycles. The minimum absolute atomic E-state index is 0.0229. The Labute approximate surface area is 304 Å². The van der Waals surface area contributed by atoms with Gasteiger partial charge >= 0.3 is 0 Å². The summed E-state index contributed by atoms with van der Waals surface area (Å²) in [5.41, 5.74) is 18.4. The number of hydrogen-bond acceptors (Lipinski definition) is 5. The topological polar surface area (TPSA) is 53.3 Å². The van der Waals surface area contributed by atoms with Gasteiger partial charge in [-0.25, -0.2) is 0 Å². The van der Waals surface area contributed by atoms with Crippen molar-refractivity contribution in [2.45, 2.75) is 48.4 Å². The maximum atomic E-state index is 6.73. The third-order valence-corrected chi connectivity index (χ3v) is 12.4. The number of anilines is 1. The third kappa shape index (κ3) is 5.53. The summed E-state index contributed by atoms with van der Waals surface area (Å²) in [5.74, 6) is 0. The van der Waals surface area contributed by atoms with Crippen LogP contribution in [0.5, 0.6) is 0 Å². The van der Waals surface area contributed by atoms with E-state index in [0.717, 1.165) is 17.7 Å². The molecular formula is C46H42N4S. The molecule has 0 fully saturated rings. The van der Waals surface area contributed by atoms with Crippen LogP contribution < -0.4 is 21.3 Å². The highest BCUT2D eigenvalue weighted by molar-refractivity contribution is 8.00. The summed E-state index contributed by atoms with van der Waals surface area (Å²) in [5, 5.41) is 12.7. The van der Waals surface area contributed by atoms with Crippen LogP contribution in [0.4, 0.5) is 5.69 Å². The first-order chi connectivity index (χ1) is 24.9. The second-order valence-electron chi connectivity index (χ2n) is 14.5. The molecule has 0 saturated heterocycles. The molecule has 1 heterocycles. The van der Waals surface area contributed by atoms with Crippen LogP contribution in [-0.4, -0.2) is 7.05 Å². The highest BCUT2D eigenvalue weighted by atomic mass is 32.2. The molecule has 0 spiro atoms. The van der Waals surface area contributed by atoms with Gasteiger partial charge in [-0.15, -0.1) is 0 Å². The Kier molecular flexibility index (Phi) is 7.97. The minimum atomic E-state index is -0.323. The van der Waals surface area contributed by atoms with Crippen LogP contribution in [0, 0.1) is 0 Å². The van der Waals surface area contributed by atoms with E-state index in [1.54, 1.807) is 0 Å². The van der Waals surface area contributed by atoms with Crippen molar-refractivity contribution in [3.63, 3.8) is 0 Å². The van der Waals surface area contributed by atoms with Gasteiger partial charge in [0.25, 0.3) is 0 Å². The zero-order valence-corrected chi connectivity index (χ0v) is 30.0. The van der Waals surface area contributed by atoms with Crippen LogP contribution in [0.2, 0.25) is 0 Å². The van der Waals surface area contributed by atoms with Gasteiger partial charge in [0.1, 0.15) is 5.37 Å². The molecule has 9 rings (SSSR count). The van der Waals surface area contributed by atoms with Crippen LogP contribution in [0.3, 0.4) is 0 Å². The first kappa shape index (κ1) is 32.0. The summed E-state index contributed by atoms with van der Waals surface area (Å²) in [6, 6.07) is 52.8. The fourth-order valence-corrected chi connectivity index (χ4v) is 9.56. The van der Waals surface area contributed by atoms with Crippen molar-refractivity contribution in [1.29, 1.82) is 0 Å². The van der Waals surface area contributed by atoms with E-state index in [2.05, 4.69) is 164 Å². The number of thioether (sulfide) groups is 1. The lowest BCUT2D eigenvalue weighted by atomic mass is 9.82. The van der Waals surface area contributed by atoms with Gasteiger partial charge in [0.05, 0.1) is 18.0 Å². The molecule has 0 bridgehead atoms. The van der Waals surface area contributed by atoms with E-state index in [1.807, 2.05) is 30.0 Å². The van der Waals surface area contributed by atoms with Crippen molar-refractivity contribution >= 4 is 39.0 Å². The average Bonchev–Trinajstić information content (AvgIpc) is 3.63. The molecule has 4 N–H and O–H groups in total. The van der Waals surface area contributed by atoms with Crippen molar-refractivity contribution in [1.82, 2.24) is 10.6 Å². The first-order valence-electron chi connectivity index (χ1n) is 17.8. The summed E-state index contributed by atoms with van der Waals surface area (Å²) in [4.78, 5) is 3.82. The van der Waals surface area contributed by atoms with Gasteiger partial charge in [0, 0.05) is 29.3 Å². The molecule has 4 nitrogen and oxygen atoms in total. The molecule has 0 aromatic heterocycles. The molecule has 5 heteroatoms. The highest BCUT2D eigenvalue weighted by Gasteiger charge is 2.37. The van der Waals surface area contributed by atoms with Gasteiger partial charge in [0.2, 0.25) is 0 Å².